The summed E-state index contributed by atoms with van der Waals surface area (Å²) in [5, 5.41) is 21.3. The monoisotopic (exact) mass is 455 g/mol. The van der Waals surface area contributed by atoms with E-state index in [2.05, 4.69) is 21.0 Å². The van der Waals surface area contributed by atoms with Crippen LogP contribution in [0.3, 0.4) is 0 Å². The second-order valence-electron chi connectivity index (χ2n) is 11.2. The van der Waals surface area contributed by atoms with Crippen molar-refractivity contribution in [2.75, 3.05) is 27.2 Å². The predicted octanol–water partition coefficient (Wildman–Crippen LogP) is 6.39. The van der Waals surface area contributed by atoms with Crippen molar-refractivity contribution in [1.82, 2.24) is 0 Å². The van der Waals surface area contributed by atoms with Gasteiger partial charge in [0, 0.05) is 12.4 Å². The van der Waals surface area contributed by atoms with E-state index in [0.717, 1.165) is 19.4 Å². The molecule has 1 unspecified atom stereocenters. The Morgan fingerprint density at radius 3 is 1.47 bits per heavy atom. The van der Waals surface area contributed by atoms with Crippen molar-refractivity contribution in [3.8, 4) is 0 Å². The van der Waals surface area contributed by atoms with Crippen molar-refractivity contribution in [3.05, 3.63) is 0 Å². The van der Waals surface area contributed by atoms with Gasteiger partial charge < -0.3 is 19.5 Å². The standard InChI is InChI=1S/C28H57NO3/c1-5-6-7-8-9-10-11-12-13-14-15-16-17-18-19-20-21-24-28(2,32)26-29(3,4)25-22-23-27(30)31/h32H,5-26H2,1-4H3. The van der Waals surface area contributed by atoms with E-state index < -0.39 is 11.6 Å². The van der Waals surface area contributed by atoms with Crippen LogP contribution < -0.4 is 5.11 Å². The summed E-state index contributed by atoms with van der Waals surface area (Å²) < 4.78 is 0.652. The summed E-state index contributed by atoms with van der Waals surface area (Å²) >= 11 is 0. The molecule has 1 atom stereocenters. The quantitative estimate of drug-likeness (QED) is 0.136. The molecule has 0 amide bonds. The van der Waals surface area contributed by atoms with E-state index in [4.69, 9.17) is 0 Å². The normalized spacial score (nSPS) is 13.9. The lowest BCUT2D eigenvalue weighted by atomic mass is 9.96. The summed E-state index contributed by atoms with van der Waals surface area (Å²) in [6, 6.07) is 0. The highest BCUT2D eigenvalue weighted by atomic mass is 16.4. The van der Waals surface area contributed by atoms with Gasteiger partial charge in [-0.1, -0.05) is 116 Å². The zero-order valence-corrected chi connectivity index (χ0v) is 22.3. The van der Waals surface area contributed by atoms with Gasteiger partial charge in [-0.25, -0.2) is 0 Å². The first kappa shape index (κ1) is 31.4. The van der Waals surface area contributed by atoms with Crippen LogP contribution in [0, 0.1) is 0 Å². The van der Waals surface area contributed by atoms with Gasteiger partial charge >= 0.3 is 0 Å². The van der Waals surface area contributed by atoms with Crippen molar-refractivity contribution in [3.63, 3.8) is 0 Å². The molecule has 0 aliphatic rings. The lowest BCUT2D eigenvalue weighted by molar-refractivity contribution is -0.896. The molecule has 0 aromatic carbocycles. The maximum Gasteiger partial charge on any atom is 0.111 e. The molecule has 0 spiro atoms. The van der Waals surface area contributed by atoms with E-state index >= 15 is 0 Å². The average molecular weight is 456 g/mol. The highest BCUT2D eigenvalue weighted by molar-refractivity contribution is 5.64. The van der Waals surface area contributed by atoms with Crippen LogP contribution in [0.1, 0.15) is 142 Å². The summed E-state index contributed by atoms with van der Waals surface area (Å²) in [6.45, 7) is 5.63. The number of hydrogen-bond acceptors (Lipinski definition) is 3. The molecule has 0 aliphatic carbocycles. The van der Waals surface area contributed by atoms with E-state index in [1.807, 2.05) is 6.92 Å². The van der Waals surface area contributed by atoms with Gasteiger partial charge in [0.15, 0.2) is 0 Å². The van der Waals surface area contributed by atoms with Gasteiger partial charge in [0.2, 0.25) is 0 Å². The first-order valence-electron chi connectivity index (χ1n) is 13.9. The van der Waals surface area contributed by atoms with Crippen molar-refractivity contribution < 1.29 is 19.5 Å². The van der Waals surface area contributed by atoms with Crippen LogP contribution in [0.2, 0.25) is 0 Å². The number of nitrogens with zero attached hydrogens (tertiary/aromatic N) is 1. The van der Waals surface area contributed by atoms with Crippen molar-refractivity contribution in [1.29, 1.82) is 0 Å². The number of carbonyl (C=O) groups excluding carboxylic acids is 1. The van der Waals surface area contributed by atoms with Gasteiger partial charge in [-0.3, -0.25) is 0 Å². The molecule has 0 saturated carbocycles. The Bertz CT molecular complexity index is 434. The fraction of sp³-hybridized carbons (Fsp3) is 0.964. The Morgan fingerprint density at radius 1 is 0.719 bits per heavy atom. The van der Waals surface area contributed by atoms with Crippen molar-refractivity contribution >= 4 is 5.97 Å². The molecule has 4 heteroatoms. The van der Waals surface area contributed by atoms with Gasteiger partial charge in [-0.2, -0.15) is 0 Å². The Kier molecular flexibility index (Phi) is 19.4. The minimum Gasteiger partial charge on any atom is -0.550 e. The van der Waals surface area contributed by atoms with Crippen molar-refractivity contribution in [2.24, 2.45) is 0 Å². The summed E-state index contributed by atoms with van der Waals surface area (Å²) in [5.41, 5.74) is -0.680. The molecule has 0 radical (unpaired) electrons. The summed E-state index contributed by atoms with van der Waals surface area (Å²) in [5.74, 6) is -0.986. The maximum absolute atomic E-state index is 10.7. The largest absolute Gasteiger partial charge is 0.550 e. The number of rotatable bonds is 24. The van der Waals surface area contributed by atoms with Crippen LogP contribution >= 0.6 is 0 Å². The molecule has 0 aromatic heterocycles. The molecule has 32 heavy (non-hydrogen) atoms. The van der Waals surface area contributed by atoms with Crippen LogP contribution in [-0.4, -0.2) is 48.3 Å². The van der Waals surface area contributed by atoms with Gasteiger partial charge in [0.1, 0.15) is 12.1 Å². The minimum absolute atomic E-state index is 0.100. The highest BCUT2D eigenvalue weighted by Crippen LogP contribution is 2.20. The maximum atomic E-state index is 10.7. The second-order valence-corrected chi connectivity index (χ2v) is 11.2. The molecule has 192 valence electrons. The van der Waals surface area contributed by atoms with Crippen LogP contribution in [0.25, 0.3) is 0 Å². The number of hydrogen-bond donors (Lipinski definition) is 1. The first-order valence-corrected chi connectivity index (χ1v) is 13.9. The molecular formula is C28H57NO3. The molecule has 1 N–H and O–H groups in total. The van der Waals surface area contributed by atoms with Crippen LogP contribution in [0.15, 0.2) is 0 Å². The fourth-order valence-electron chi connectivity index (χ4n) is 4.96. The minimum atomic E-state index is -0.986. The number of quaternary nitrogens is 1. The number of likely N-dealkylation sites (N-methyl/N-ethyl adjacent to an activating group) is 1. The summed E-state index contributed by atoms with van der Waals surface area (Å²) in [6.07, 6.45) is 24.8. The number of carboxylic acids is 1. The number of carboxylic acid groups (broad SMARTS) is 1. The van der Waals surface area contributed by atoms with Gasteiger partial charge in [-0.05, 0) is 19.8 Å². The molecule has 0 saturated heterocycles. The van der Waals surface area contributed by atoms with E-state index in [1.54, 1.807) is 0 Å². The molecule has 0 fully saturated rings. The lowest BCUT2D eigenvalue weighted by Gasteiger charge is -2.36. The van der Waals surface area contributed by atoms with Crippen molar-refractivity contribution in [2.45, 2.75) is 148 Å². The Balaban J connectivity index is 3.49. The zero-order chi connectivity index (χ0) is 24.1. The molecule has 4 nitrogen and oxygen atoms in total. The molecular weight excluding hydrogens is 398 g/mol. The van der Waals surface area contributed by atoms with E-state index in [-0.39, 0.29) is 6.42 Å². The summed E-state index contributed by atoms with van der Waals surface area (Å²) in [7, 11) is 4.14. The Hall–Kier alpha value is -0.610. The molecule has 0 aromatic rings. The second kappa shape index (κ2) is 19.8. The third-order valence-corrected chi connectivity index (χ3v) is 6.73. The number of carbonyl (C=O) groups is 1. The molecule has 0 heterocycles. The first-order chi connectivity index (χ1) is 15.2. The number of aliphatic carboxylic acids is 1. The van der Waals surface area contributed by atoms with Gasteiger partial charge in [0.25, 0.3) is 0 Å². The fourth-order valence-corrected chi connectivity index (χ4v) is 4.96. The molecule has 0 rings (SSSR count). The smallest absolute Gasteiger partial charge is 0.111 e. The third-order valence-electron chi connectivity index (χ3n) is 6.73. The lowest BCUT2D eigenvalue weighted by Crippen LogP contribution is -2.51. The van der Waals surface area contributed by atoms with E-state index in [9.17, 15) is 15.0 Å². The van der Waals surface area contributed by atoms with Crippen LogP contribution in [-0.2, 0) is 4.79 Å². The van der Waals surface area contributed by atoms with Gasteiger partial charge in [-0.15, -0.1) is 0 Å². The van der Waals surface area contributed by atoms with E-state index in [0.29, 0.717) is 17.4 Å². The predicted molar refractivity (Wildman–Crippen MR) is 135 cm³/mol. The Labute approximate surface area is 200 Å². The topological polar surface area (TPSA) is 60.4 Å². The average Bonchev–Trinajstić information content (AvgIpc) is 2.69. The SMILES string of the molecule is CCCCCCCCCCCCCCCCCCCC(C)(O)C[N+](C)(C)CCCC(=O)[O-]. The Morgan fingerprint density at radius 2 is 1.09 bits per heavy atom. The van der Waals surface area contributed by atoms with Crippen LogP contribution in [0.4, 0.5) is 0 Å². The molecule has 0 aliphatic heterocycles. The molecule has 0 bridgehead atoms. The zero-order valence-electron chi connectivity index (χ0n) is 22.3. The third kappa shape index (κ3) is 22.6. The summed E-state index contributed by atoms with van der Waals surface area (Å²) in [4.78, 5) is 10.6. The number of unbranched alkanes of at least 4 members (excludes halogenated alkanes) is 16. The van der Waals surface area contributed by atoms with E-state index in [1.165, 1.54) is 103 Å². The van der Waals surface area contributed by atoms with Gasteiger partial charge in [0.05, 0.1) is 20.6 Å². The van der Waals surface area contributed by atoms with Crippen LogP contribution in [0.5, 0.6) is 0 Å². The number of aliphatic hydroxyl groups is 1. The highest BCUT2D eigenvalue weighted by Gasteiger charge is 2.29.